The van der Waals surface area contributed by atoms with Crippen LogP contribution in [0.1, 0.15) is 109 Å². The lowest BCUT2D eigenvalue weighted by Crippen LogP contribution is -2.51. The van der Waals surface area contributed by atoms with Crippen molar-refractivity contribution in [3.63, 3.8) is 0 Å². The molecule has 4 heteroatoms. The van der Waals surface area contributed by atoms with Crippen molar-refractivity contribution in [2.45, 2.75) is 116 Å². The first-order valence-corrected chi connectivity index (χ1v) is 16.8. The van der Waals surface area contributed by atoms with Crippen molar-refractivity contribution in [3.8, 4) is 0 Å². The van der Waals surface area contributed by atoms with Crippen LogP contribution in [-0.4, -0.2) is 24.1 Å². The van der Waals surface area contributed by atoms with Crippen LogP contribution in [0.25, 0.3) is 10.8 Å². The zero-order chi connectivity index (χ0) is 29.1. The van der Waals surface area contributed by atoms with E-state index < -0.39 is 0 Å². The van der Waals surface area contributed by atoms with Crippen molar-refractivity contribution in [2.75, 3.05) is 0 Å². The monoisotopic (exact) mass is 568 g/mol. The molecule has 0 aliphatic heterocycles. The molecule has 9 atom stereocenters. The van der Waals surface area contributed by atoms with Crippen molar-refractivity contribution < 1.29 is 19.1 Å². The number of hydrogen-bond acceptors (Lipinski definition) is 4. The van der Waals surface area contributed by atoms with Gasteiger partial charge in [-0.15, -0.1) is 0 Å². The molecule has 0 heterocycles. The topological polar surface area (TPSA) is 52.6 Å². The molecule has 4 fully saturated rings. The lowest BCUT2D eigenvalue weighted by atomic mass is 9.47. The molecule has 0 bridgehead atoms. The number of carbonyl (C=O) groups is 2. The summed E-state index contributed by atoms with van der Waals surface area (Å²) in [6, 6.07) is 15.3. The summed E-state index contributed by atoms with van der Waals surface area (Å²) in [5.74, 6) is 2.09. The average Bonchev–Trinajstić information content (AvgIpc) is 3.34. The molecule has 224 valence electrons. The number of ether oxygens (including phenoxy) is 2. The Morgan fingerprint density at radius 3 is 2.50 bits per heavy atom. The van der Waals surface area contributed by atoms with Gasteiger partial charge >= 0.3 is 11.9 Å². The number of esters is 2. The lowest BCUT2D eigenvalue weighted by molar-refractivity contribution is -0.164. The number of allylic oxidation sites excluding steroid dienone is 1. The molecule has 5 aliphatic rings. The van der Waals surface area contributed by atoms with Crippen LogP contribution in [0.4, 0.5) is 0 Å². The van der Waals surface area contributed by atoms with Gasteiger partial charge in [0.05, 0.1) is 5.92 Å². The molecule has 0 saturated heterocycles. The van der Waals surface area contributed by atoms with Crippen LogP contribution in [0.3, 0.4) is 0 Å². The van der Waals surface area contributed by atoms with E-state index in [1.807, 2.05) is 0 Å². The van der Waals surface area contributed by atoms with Gasteiger partial charge in [-0.3, -0.25) is 9.59 Å². The number of benzene rings is 2. The maximum Gasteiger partial charge on any atom is 0.309 e. The molecular formula is C38H48O4. The van der Waals surface area contributed by atoms with E-state index in [1.54, 1.807) is 0 Å². The van der Waals surface area contributed by atoms with Crippen molar-refractivity contribution in [1.29, 1.82) is 0 Å². The van der Waals surface area contributed by atoms with Crippen molar-refractivity contribution >= 4 is 22.7 Å². The highest BCUT2D eigenvalue weighted by molar-refractivity contribution is 5.86. The van der Waals surface area contributed by atoms with Gasteiger partial charge in [0.2, 0.25) is 0 Å². The Kier molecular flexibility index (Phi) is 7.26. The fraction of sp³-hybridized carbons (Fsp3) is 0.632. The maximum atomic E-state index is 14.1. The SMILES string of the molecule is CC(=O)O[C@H]1CC[C@@]2(C)C(=CC[C@H]3[C@@H]4CC[C@H](C(=O)O[C@@H]5CCCC[C@H]5c5cccc6ccccc56)[C@@]4(C)CC[C@@H]32)C1. The van der Waals surface area contributed by atoms with Crippen LogP contribution < -0.4 is 0 Å². The molecule has 0 unspecified atom stereocenters. The zero-order valence-electron chi connectivity index (χ0n) is 25.8. The van der Waals surface area contributed by atoms with Gasteiger partial charge in [-0.1, -0.05) is 74.4 Å². The highest BCUT2D eigenvalue weighted by Crippen LogP contribution is 2.66. The highest BCUT2D eigenvalue weighted by atomic mass is 16.5. The summed E-state index contributed by atoms with van der Waals surface area (Å²) in [4.78, 5) is 25.7. The van der Waals surface area contributed by atoms with E-state index >= 15 is 0 Å². The quantitative estimate of drug-likeness (QED) is 0.273. The summed E-state index contributed by atoms with van der Waals surface area (Å²) in [6.07, 6.45) is 15.4. The van der Waals surface area contributed by atoms with Crippen molar-refractivity contribution in [3.05, 3.63) is 59.7 Å². The Labute approximate surface area is 251 Å². The van der Waals surface area contributed by atoms with Crippen molar-refractivity contribution in [1.82, 2.24) is 0 Å². The molecule has 5 aliphatic carbocycles. The molecule has 0 amide bonds. The minimum absolute atomic E-state index is 0.0106. The van der Waals surface area contributed by atoms with Crippen LogP contribution in [-0.2, 0) is 19.1 Å². The lowest BCUT2D eigenvalue weighted by Gasteiger charge is -2.58. The predicted molar refractivity (Wildman–Crippen MR) is 166 cm³/mol. The standard InChI is InChI=1S/C38H48O4/c1-24(39)41-27-19-21-37(2)26(23-27)15-16-31-32-17-18-34(38(32,3)22-20-33(31)37)36(40)42-35-14-7-6-12-30(35)29-13-8-10-25-9-4-5-11-28(25)29/h4-5,8-11,13,15,27,30-35H,6-7,12,14,16-23H2,1-3H3/t27-,30-,31-,32-,33-,34+,35+,37-,38-/m0/s1. The number of carbonyl (C=O) groups excluding carboxylic acids is 2. The number of hydrogen-bond donors (Lipinski definition) is 0. The molecule has 42 heavy (non-hydrogen) atoms. The summed E-state index contributed by atoms with van der Waals surface area (Å²) in [6.45, 7) is 6.44. The van der Waals surface area contributed by atoms with Gasteiger partial charge in [-0.05, 0) is 109 Å². The Morgan fingerprint density at radius 1 is 0.833 bits per heavy atom. The zero-order valence-corrected chi connectivity index (χ0v) is 25.8. The largest absolute Gasteiger partial charge is 0.462 e. The minimum atomic E-state index is -0.160. The molecule has 0 aromatic heterocycles. The van der Waals surface area contributed by atoms with Gasteiger partial charge < -0.3 is 9.47 Å². The molecule has 4 saturated carbocycles. The van der Waals surface area contributed by atoms with Gasteiger partial charge in [0, 0.05) is 19.3 Å². The van der Waals surface area contributed by atoms with E-state index in [2.05, 4.69) is 62.4 Å². The van der Waals surface area contributed by atoms with Gasteiger partial charge in [0.1, 0.15) is 12.2 Å². The second-order valence-electron chi connectivity index (χ2n) is 14.8. The maximum absolute atomic E-state index is 14.1. The smallest absolute Gasteiger partial charge is 0.309 e. The predicted octanol–water partition coefficient (Wildman–Crippen LogP) is 8.92. The fourth-order valence-corrected chi connectivity index (χ4v) is 10.7. The van der Waals surface area contributed by atoms with Gasteiger partial charge in [-0.2, -0.15) is 0 Å². The highest BCUT2D eigenvalue weighted by Gasteiger charge is 2.60. The molecule has 4 nitrogen and oxygen atoms in total. The Balaban J connectivity index is 1.08. The first-order valence-electron chi connectivity index (χ1n) is 16.8. The van der Waals surface area contributed by atoms with E-state index in [0.29, 0.717) is 17.8 Å². The second-order valence-corrected chi connectivity index (χ2v) is 14.8. The summed E-state index contributed by atoms with van der Waals surface area (Å²) < 4.78 is 12.2. The van der Waals surface area contributed by atoms with Crippen LogP contribution in [0, 0.1) is 34.5 Å². The van der Waals surface area contributed by atoms with Gasteiger partial charge in [0.25, 0.3) is 0 Å². The Morgan fingerprint density at radius 2 is 1.64 bits per heavy atom. The molecule has 7 rings (SSSR count). The number of rotatable bonds is 4. The van der Waals surface area contributed by atoms with Crippen molar-refractivity contribution in [2.24, 2.45) is 34.5 Å². The van der Waals surface area contributed by atoms with E-state index in [0.717, 1.165) is 64.2 Å². The van der Waals surface area contributed by atoms with E-state index in [-0.39, 0.29) is 46.8 Å². The van der Waals surface area contributed by atoms with E-state index in [1.165, 1.54) is 41.7 Å². The molecule has 0 radical (unpaired) electrons. The molecule has 2 aromatic rings. The minimum Gasteiger partial charge on any atom is -0.462 e. The Hall–Kier alpha value is -2.62. The molecular weight excluding hydrogens is 520 g/mol. The number of fused-ring (bicyclic) bond motifs is 6. The first kappa shape index (κ1) is 28.2. The second kappa shape index (κ2) is 10.8. The van der Waals surface area contributed by atoms with E-state index in [9.17, 15) is 9.59 Å². The molecule has 0 spiro atoms. The van der Waals surface area contributed by atoms with Crippen LogP contribution in [0.15, 0.2) is 54.1 Å². The van der Waals surface area contributed by atoms with Crippen LogP contribution >= 0.6 is 0 Å². The molecule has 0 N–H and O–H groups in total. The fourth-order valence-electron chi connectivity index (χ4n) is 10.7. The third kappa shape index (κ3) is 4.63. The van der Waals surface area contributed by atoms with Gasteiger partial charge in [0.15, 0.2) is 0 Å². The normalized spacial score (nSPS) is 39.4. The van der Waals surface area contributed by atoms with Gasteiger partial charge in [-0.25, -0.2) is 0 Å². The summed E-state index contributed by atoms with van der Waals surface area (Å²) >= 11 is 0. The molecule has 2 aromatic carbocycles. The first-order chi connectivity index (χ1) is 20.3. The van der Waals surface area contributed by atoms with Crippen LogP contribution in [0.5, 0.6) is 0 Å². The third-order valence-corrected chi connectivity index (χ3v) is 12.9. The van der Waals surface area contributed by atoms with Crippen LogP contribution in [0.2, 0.25) is 0 Å². The summed E-state index contributed by atoms with van der Waals surface area (Å²) in [5, 5.41) is 2.58. The summed E-state index contributed by atoms with van der Waals surface area (Å²) in [7, 11) is 0. The Bertz CT molecular complexity index is 1390. The average molecular weight is 569 g/mol. The third-order valence-electron chi connectivity index (χ3n) is 12.9. The van der Waals surface area contributed by atoms with E-state index in [4.69, 9.17) is 9.47 Å². The summed E-state index contributed by atoms with van der Waals surface area (Å²) in [5.41, 5.74) is 3.10.